The van der Waals surface area contributed by atoms with Crippen LogP contribution in [0.3, 0.4) is 0 Å². The molecule has 0 amide bonds. The summed E-state index contributed by atoms with van der Waals surface area (Å²) in [7, 11) is 0. The lowest BCUT2D eigenvalue weighted by atomic mass is 10.0. The van der Waals surface area contributed by atoms with Crippen molar-refractivity contribution in [2.45, 2.75) is 57.7 Å². The normalized spacial score (nSPS) is 13.0. The summed E-state index contributed by atoms with van der Waals surface area (Å²) in [6.07, 6.45) is -3.09. The summed E-state index contributed by atoms with van der Waals surface area (Å²) in [5.41, 5.74) is 6.53. The Bertz CT molecular complexity index is 1270. The summed E-state index contributed by atoms with van der Waals surface area (Å²) in [4.78, 5) is 23.8. The molecule has 4 N–H and O–H groups in total. The number of thiazole rings is 1. The van der Waals surface area contributed by atoms with Crippen LogP contribution < -0.4 is 10.6 Å². The number of rotatable bonds is 10. The maximum Gasteiger partial charge on any atom is 0.389 e. The molecule has 7 nitrogen and oxygen atoms in total. The first-order valence-electron chi connectivity index (χ1n) is 12.8. The Morgan fingerprint density at radius 3 is 2.35 bits per heavy atom. The molecular formula is C28H31ClF3N3O4S. The van der Waals surface area contributed by atoms with Crippen LogP contribution in [-0.4, -0.2) is 46.4 Å². The number of aliphatic carboxylic acids is 2. The number of nitrogens with one attached hydrogen (secondary N) is 2. The lowest BCUT2D eigenvalue weighted by Gasteiger charge is -2.16. The second-order valence-corrected chi connectivity index (χ2v) is 10.6. The molecule has 0 radical (unpaired) electrons. The SMILES string of the molecule is FC(F)(F)CCCc1nc(-c2ccc(CNc3c(Cl)ccc4c3CCNCC4)cc2)cs1.O=C(O)CCC(=O)O. The van der Waals surface area contributed by atoms with Crippen LogP contribution in [0.2, 0.25) is 5.02 Å². The van der Waals surface area contributed by atoms with E-state index < -0.39 is 24.5 Å². The molecule has 1 aliphatic rings. The summed E-state index contributed by atoms with van der Waals surface area (Å²) in [6.45, 7) is 2.59. The number of benzene rings is 2. The number of anilines is 1. The molecule has 0 saturated heterocycles. The van der Waals surface area contributed by atoms with Gasteiger partial charge in [0.25, 0.3) is 0 Å². The average Bonchev–Trinajstić information content (AvgIpc) is 3.23. The third kappa shape index (κ3) is 10.4. The third-order valence-electron chi connectivity index (χ3n) is 6.16. The highest BCUT2D eigenvalue weighted by molar-refractivity contribution is 7.09. The van der Waals surface area contributed by atoms with Crippen molar-refractivity contribution in [3.05, 3.63) is 68.5 Å². The van der Waals surface area contributed by atoms with Gasteiger partial charge in [0.2, 0.25) is 0 Å². The van der Waals surface area contributed by atoms with E-state index in [4.69, 9.17) is 21.8 Å². The molecule has 0 aliphatic carbocycles. The van der Waals surface area contributed by atoms with E-state index in [9.17, 15) is 22.8 Å². The van der Waals surface area contributed by atoms with E-state index in [1.165, 1.54) is 22.5 Å². The molecule has 0 saturated carbocycles. The van der Waals surface area contributed by atoms with Gasteiger partial charge in [0.05, 0.1) is 34.3 Å². The van der Waals surface area contributed by atoms with Crippen molar-refractivity contribution in [1.29, 1.82) is 0 Å². The van der Waals surface area contributed by atoms with E-state index in [2.05, 4.69) is 21.7 Å². The molecule has 4 rings (SSSR count). The second kappa shape index (κ2) is 15.0. The van der Waals surface area contributed by atoms with Gasteiger partial charge in [0, 0.05) is 23.9 Å². The van der Waals surface area contributed by atoms with Crippen LogP contribution in [0.25, 0.3) is 11.3 Å². The summed E-state index contributed by atoms with van der Waals surface area (Å²) in [6, 6.07) is 12.2. The number of fused-ring (bicyclic) bond motifs is 1. The Morgan fingerprint density at radius 2 is 1.70 bits per heavy atom. The first-order valence-corrected chi connectivity index (χ1v) is 14.1. The lowest BCUT2D eigenvalue weighted by Crippen LogP contribution is -2.16. The molecule has 12 heteroatoms. The fourth-order valence-electron chi connectivity index (χ4n) is 4.13. The zero-order valence-corrected chi connectivity index (χ0v) is 23.3. The number of aromatic nitrogens is 1. The van der Waals surface area contributed by atoms with Crippen LogP contribution in [0.4, 0.5) is 18.9 Å². The molecule has 216 valence electrons. The van der Waals surface area contributed by atoms with Crippen molar-refractivity contribution in [2.24, 2.45) is 0 Å². The zero-order chi connectivity index (χ0) is 29.1. The summed E-state index contributed by atoms with van der Waals surface area (Å²) in [5, 5.41) is 26.1. The molecule has 0 bridgehead atoms. The van der Waals surface area contributed by atoms with Crippen LogP contribution >= 0.6 is 22.9 Å². The van der Waals surface area contributed by atoms with Gasteiger partial charge in [0.1, 0.15) is 0 Å². The van der Waals surface area contributed by atoms with Crippen molar-refractivity contribution in [2.75, 3.05) is 18.4 Å². The van der Waals surface area contributed by atoms with Gasteiger partial charge in [-0.2, -0.15) is 13.2 Å². The number of nitrogens with zero attached hydrogens (tertiary/aromatic N) is 1. The van der Waals surface area contributed by atoms with Gasteiger partial charge in [-0.3, -0.25) is 9.59 Å². The number of hydrogen-bond donors (Lipinski definition) is 4. The minimum absolute atomic E-state index is 0.0723. The summed E-state index contributed by atoms with van der Waals surface area (Å²) in [5.74, 6) is -2.15. The number of alkyl halides is 3. The van der Waals surface area contributed by atoms with Crippen LogP contribution in [0, 0.1) is 0 Å². The second-order valence-electron chi connectivity index (χ2n) is 9.24. The Labute approximate surface area is 239 Å². The average molecular weight is 598 g/mol. The molecule has 2 heterocycles. The molecule has 0 fully saturated rings. The van der Waals surface area contributed by atoms with Crippen LogP contribution in [-0.2, 0) is 35.4 Å². The van der Waals surface area contributed by atoms with Crippen LogP contribution in [0.5, 0.6) is 0 Å². The Balaban J connectivity index is 0.000000482. The number of carboxylic acid groups (broad SMARTS) is 2. The van der Waals surface area contributed by atoms with Gasteiger partial charge < -0.3 is 20.8 Å². The highest BCUT2D eigenvalue weighted by Crippen LogP contribution is 2.31. The van der Waals surface area contributed by atoms with E-state index in [0.717, 1.165) is 58.5 Å². The van der Waals surface area contributed by atoms with Crippen molar-refractivity contribution >= 4 is 40.6 Å². The summed E-state index contributed by atoms with van der Waals surface area (Å²) < 4.78 is 37.0. The topological polar surface area (TPSA) is 112 Å². The monoisotopic (exact) mass is 597 g/mol. The number of halogens is 4. The van der Waals surface area contributed by atoms with E-state index in [-0.39, 0.29) is 19.3 Å². The van der Waals surface area contributed by atoms with Gasteiger partial charge in [-0.25, -0.2) is 4.98 Å². The smallest absolute Gasteiger partial charge is 0.389 e. The molecule has 0 unspecified atom stereocenters. The van der Waals surface area contributed by atoms with Crippen molar-refractivity contribution in [3.8, 4) is 11.3 Å². The Hall–Kier alpha value is -3.15. The number of carboxylic acids is 2. The van der Waals surface area contributed by atoms with Crippen LogP contribution in [0.15, 0.2) is 41.8 Å². The Morgan fingerprint density at radius 1 is 1.02 bits per heavy atom. The minimum atomic E-state index is -4.11. The fraction of sp³-hybridized carbons (Fsp3) is 0.393. The van der Waals surface area contributed by atoms with Crippen molar-refractivity contribution in [1.82, 2.24) is 10.3 Å². The van der Waals surface area contributed by atoms with E-state index in [0.29, 0.717) is 13.0 Å². The van der Waals surface area contributed by atoms with E-state index >= 15 is 0 Å². The molecular weight excluding hydrogens is 567 g/mol. The largest absolute Gasteiger partial charge is 0.481 e. The number of carbonyl (C=O) groups is 2. The van der Waals surface area contributed by atoms with Gasteiger partial charge in [-0.1, -0.05) is 41.9 Å². The van der Waals surface area contributed by atoms with Gasteiger partial charge in [0.15, 0.2) is 0 Å². The standard InChI is InChI=1S/C24H25ClF3N3S.C4H6O4/c25-20-8-7-17-9-12-29-13-10-19(17)23(20)30-14-16-3-5-18(6-4-16)21-15-32-22(31-21)2-1-11-24(26,27)28;5-3(6)1-2-4(7)8/h3-8,15,29-30H,1-2,9-14H2;1-2H2,(H,5,6)(H,7,8). The van der Waals surface area contributed by atoms with Gasteiger partial charge in [-0.15, -0.1) is 11.3 Å². The van der Waals surface area contributed by atoms with E-state index in [1.807, 2.05) is 35.7 Å². The predicted octanol–water partition coefficient (Wildman–Crippen LogP) is 6.58. The zero-order valence-electron chi connectivity index (χ0n) is 21.7. The van der Waals surface area contributed by atoms with Crippen molar-refractivity contribution in [3.63, 3.8) is 0 Å². The maximum atomic E-state index is 12.3. The number of hydrogen-bond acceptors (Lipinski definition) is 6. The molecule has 1 aliphatic heterocycles. The highest BCUT2D eigenvalue weighted by atomic mass is 35.5. The predicted molar refractivity (Wildman–Crippen MR) is 150 cm³/mol. The van der Waals surface area contributed by atoms with E-state index in [1.54, 1.807) is 0 Å². The molecule has 3 aromatic rings. The highest BCUT2D eigenvalue weighted by Gasteiger charge is 2.26. The first-order chi connectivity index (χ1) is 19.0. The molecule has 2 aromatic carbocycles. The lowest BCUT2D eigenvalue weighted by molar-refractivity contribution is -0.143. The molecule has 40 heavy (non-hydrogen) atoms. The molecule has 0 spiro atoms. The number of aryl methyl sites for hydroxylation is 1. The third-order valence-corrected chi connectivity index (χ3v) is 7.38. The van der Waals surface area contributed by atoms with Crippen molar-refractivity contribution < 1.29 is 33.0 Å². The summed E-state index contributed by atoms with van der Waals surface area (Å²) >= 11 is 7.91. The minimum Gasteiger partial charge on any atom is -0.481 e. The van der Waals surface area contributed by atoms with Crippen LogP contribution in [0.1, 0.15) is 47.4 Å². The van der Waals surface area contributed by atoms with Gasteiger partial charge in [-0.05, 0) is 61.5 Å². The quantitative estimate of drug-likeness (QED) is 0.209. The molecule has 0 atom stereocenters. The first kappa shape index (κ1) is 31.4. The Kier molecular flexibility index (Phi) is 11.8. The van der Waals surface area contributed by atoms with Gasteiger partial charge >= 0.3 is 18.1 Å². The fourth-order valence-corrected chi connectivity index (χ4v) is 5.22. The maximum absolute atomic E-state index is 12.3. The molecule has 1 aromatic heterocycles.